The van der Waals surface area contributed by atoms with Crippen LogP contribution in [0.25, 0.3) is 0 Å². The van der Waals surface area contributed by atoms with Crippen molar-refractivity contribution in [1.82, 2.24) is 0 Å². The fourth-order valence-corrected chi connectivity index (χ4v) is 4.40. The largest absolute Gasteiger partial charge is 0.359 e. The Balaban J connectivity index is 2.52. The first-order valence-corrected chi connectivity index (χ1v) is 12.0. The van der Waals surface area contributed by atoms with Gasteiger partial charge in [0, 0.05) is 12.8 Å². The minimum absolute atomic E-state index is 0.404. The van der Waals surface area contributed by atoms with Crippen LogP contribution in [0.3, 0.4) is 0 Å². The summed E-state index contributed by atoms with van der Waals surface area (Å²) in [6, 6.07) is 21.4. The summed E-state index contributed by atoms with van der Waals surface area (Å²) < 4.78 is 7.36. The highest BCUT2D eigenvalue weighted by atomic mass is 16.5. The smallest absolute Gasteiger partial charge is 0.0938 e. The summed E-state index contributed by atoms with van der Waals surface area (Å²) in [5, 5.41) is 0. The van der Waals surface area contributed by atoms with Gasteiger partial charge < -0.3 is 4.74 Å². The number of hydrogen-bond donors (Lipinski definition) is 0. The lowest BCUT2D eigenvalue weighted by molar-refractivity contribution is -0.128. The predicted octanol–water partition coefficient (Wildman–Crippen LogP) is 8.50. The Morgan fingerprint density at radius 3 is 1.32 bits per heavy atom. The van der Waals surface area contributed by atoms with E-state index in [1.807, 2.05) is 0 Å². The lowest BCUT2D eigenvalue weighted by Crippen LogP contribution is -2.49. The van der Waals surface area contributed by atoms with Crippen LogP contribution < -0.4 is 0 Å². The lowest BCUT2D eigenvalue weighted by atomic mass is 9.79. The fraction of sp³-hybridized carbons (Fsp3) is 0.467. The molecule has 0 aliphatic heterocycles. The summed E-state index contributed by atoms with van der Waals surface area (Å²) in [6.07, 6.45) is 8.16. The number of benzene rings is 2. The van der Waals surface area contributed by atoms with Crippen molar-refractivity contribution in [2.24, 2.45) is 0 Å². The van der Waals surface area contributed by atoms with E-state index in [1.54, 1.807) is 0 Å². The van der Waals surface area contributed by atoms with E-state index in [0.29, 0.717) is 0 Å². The van der Waals surface area contributed by atoms with E-state index in [1.165, 1.54) is 11.1 Å². The molecule has 0 radical (unpaired) electrons. The Bertz CT molecular complexity index is 737. The van der Waals surface area contributed by atoms with Gasteiger partial charge in [-0.3, -0.25) is 0 Å². The second-order valence-corrected chi connectivity index (χ2v) is 9.18. The van der Waals surface area contributed by atoms with Gasteiger partial charge in [0.05, 0.1) is 11.2 Å². The van der Waals surface area contributed by atoms with Crippen molar-refractivity contribution in [2.75, 3.05) is 0 Å². The Hall–Kier alpha value is -2.12. The maximum absolute atomic E-state index is 7.36. The monoisotopic (exact) mass is 418 g/mol. The zero-order valence-electron chi connectivity index (χ0n) is 20.3. The molecule has 168 valence electrons. The van der Waals surface area contributed by atoms with Crippen molar-refractivity contribution in [1.29, 1.82) is 0 Å². The van der Waals surface area contributed by atoms with E-state index >= 15 is 0 Å². The van der Waals surface area contributed by atoms with Crippen LogP contribution in [0.2, 0.25) is 0 Å². The molecular formula is C30H42O. The van der Waals surface area contributed by atoms with Crippen LogP contribution in [0.15, 0.2) is 85.0 Å². The minimum atomic E-state index is -0.404. The molecule has 0 aliphatic carbocycles. The molecule has 0 fully saturated rings. The van der Waals surface area contributed by atoms with Crippen molar-refractivity contribution in [3.05, 3.63) is 96.1 Å². The molecule has 0 spiro atoms. The van der Waals surface area contributed by atoms with E-state index in [2.05, 4.69) is 102 Å². The summed E-state index contributed by atoms with van der Waals surface area (Å²) in [5.74, 6) is 0. The van der Waals surface area contributed by atoms with Gasteiger partial charge >= 0.3 is 0 Å². The molecule has 2 aromatic rings. The van der Waals surface area contributed by atoms with E-state index in [0.717, 1.165) is 62.5 Å². The van der Waals surface area contributed by atoms with Crippen LogP contribution in [0.4, 0.5) is 0 Å². The fourth-order valence-electron chi connectivity index (χ4n) is 4.40. The lowest BCUT2D eigenvalue weighted by Gasteiger charge is -2.46. The summed E-state index contributed by atoms with van der Waals surface area (Å²) in [4.78, 5) is 0. The number of ether oxygens (including phenoxy) is 1. The molecule has 0 saturated carbocycles. The van der Waals surface area contributed by atoms with Gasteiger partial charge in [-0.05, 0) is 49.0 Å². The molecule has 2 unspecified atom stereocenters. The summed E-state index contributed by atoms with van der Waals surface area (Å²) >= 11 is 0. The quantitative estimate of drug-likeness (QED) is 0.279. The highest BCUT2D eigenvalue weighted by Gasteiger charge is 2.43. The van der Waals surface area contributed by atoms with Gasteiger partial charge in [-0.1, -0.05) is 113 Å². The van der Waals surface area contributed by atoms with Crippen molar-refractivity contribution < 1.29 is 4.74 Å². The first-order chi connectivity index (χ1) is 14.9. The van der Waals surface area contributed by atoms with Crippen LogP contribution in [0, 0.1) is 0 Å². The second kappa shape index (κ2) is 12.1. The van der Waals surface area contributed by atoms with Crippen molar-refractivity contribution in [2.45, 2.75) is 90.3 Å². The molecule has 0 saturated heterocycles. The van der Waals surface area contributed by atoms with E-state index in [4.69, 9.17) is 4.74 Å². The first-order valence-electron chi connectivity index (χ1n) is 12.0. The van der Waals surface area contributed by atoms with Crippen molar-refractivity contribution >= 4 is 0 Å². The van der Waals surface area contributed by atoms with Gasteiger partial charge in [0.2, 0.25) is 0 Å². The molecule has 0 aliphatic rings. The van der Waals surface area contributed by atoms with Crippen LogP contribution in [0.5, 0.6) is 0 Å². The normalized spacial score (nSPS) is 15.1. The highest BCUT2D eigenvalue weighted by Crippen LogP contribution is 2.41. The van der Waals surface area contributed by atoms with Gasteiger partial charge in [0.25, 0.3) is 0 Å². The van der Waals surface area contributed by atoms with E-state index in [9.17, 15) is 0 Å². The highest BCUT2D eigenvalue weighted by molar-refractivity contribution is 5.27. The Morgan fingerprint density at radius 2 is 1.03 bits per heavy atom. The molecule has 2 aromatic carbocycles. The van der Waals surface area contributed by atoms with Crippen LogP contribution >= 0.6 is 0 Å². The van der Waals surface area contributed by atoms with Gasteiger partial charge in [-0.2, -0.15) is 0 Å². The summed E-state index contributed by atoms with van der Waals surface area (Å²) in [5.41, 5.74) is 4.01. The molecule has 2 rings (SSSR count). The van der Waals surface area contributed by atoms with E-state index in [-0.39, 0.29) is 0 Å². The van der Waals surface area contributed by atoms with E-state index < -0.39 is 11.2 Å². The average Bonchev–Trinajstić information content (AvgIpc) is 2.77. The summed E-state index contributed by atoms with van der Waals surface area (Å²) in [7, 11) is 0. The average molecular weight is 419 g/mol. The molecule has 0 N–H and O–H groups in total. The zero-order valence-corrected chi connectivity index (χ0v) is 20.3. The number of rotatable bonds is 14. The molecule has 0 aromatic heterocycles. The Labute approximate surface area is 191 Å². The molecule has 0 heterocycles. The number of hydrogen-bond acceptors (Lipinski definition) is 1. The maximum atomic E-state index is 7.36. The van der Waals surface area contributed by atoms with Gasteiger partial charge in [0.1, 0.15) is 0 Å². The molecule has 1 nitrogen and oxygen atoms in total. The molecular weight excluding hydrogens is 376 g/mol. The maximum Gasteiger partial charge on any atom is 0.0938 e. The predicted molar refractivity (Wildman–Crippen MR) is 136 cm³/mol. The van der Waals surface area contributed by atoms with Crippen LogP contribution in [0.1, 0.15) is 77.3 Å². The second-order valence-electron chi connectivity index (χ2n) is 9.18. The third-order valence-corrected chi connectivity index (χ3v) is 6.48. The van der Waals surface area contributed by atoms with Crippen LogP contribution in [-0.2, 0) is 17.6 Å². The van der Waals surface area contributed by atoms with Gasteiger partial charge in [-0.25, -0.2) is 0 Å². The van der Waals surface area contributed by atoms with Gasteiger partial charge in [0.15, 0.2) is 0 Å². The molecule has 31 heavy (non-hydrogen) atoms. The molecule has 2 atom stereocenters. The third kappa shape index (κ3) is 6.94. The minimum Gasteiger partial charge on any atom is -0.359 e. The summed E-state index contributed by atoms with van der Waals surface area (Å²) in [6.45, 7) is 17.7. The topological polar surface area (TPSA) is 9.23 Å². The van der Waals surface area contributed by atoms with Crippen molar-refractivity contribution in [3.63, 3.8) is 0 Å². The van der Waals surface area contributed by atoms with Crippen LogP contribution in [-0.4, -0.2) is 11.2 Å². The Kier molecular flexibility index (Phi) is 9.78. The third-order valence-electron chi connectivity index (χ3n) is 6.48. The Morgan fingerprint density at radius 1 is 0.677 bits per heavy atom. The number of unbranched alkanes of at least 4 members (excludes halogenated alkanes) is 2. The molecule has 1 heteroatoms. The van der Waals surface area contributed by atoms with Gasteiger partial charge in [-0.15, -0.1) is 0 Å². The molecule has 0 amide bonds. The molecule has 0 bridgehead atoms. The zero-order chi connectivity index (χ0) is 22.7. The SMILES string of the molecule is C=C(C)C(CCCC)(Cc1ccccc1)OC(CCCC)(Cc1ccccc1)C(=C)C. The van der Waals surface area contributed by atoms with Crippen molar-refractivity contribution in [3.8, 4) is 0 Å². The standard InChI is InChI=1S/C30H42O/c1-7-9-21-29(25(3)4,23-27-17-13-11-14-18-27)31-30(26(5)6,22-10-8-2)24-28-19-15-12-16-20-28/h11-20H,3,5,7-10,21-24H2,1-2,4,6H3. The first kappa shape index (κ1) is 25.1.